The topological polar surface area (TPSA) is 105 Å². The van der Waals surface area contributed by atoms with E-state index in [1.807, 2.05) is 0 Å². The van der Waals surface area contributed by atoms with E-state index in [9.17, 15) is 19.7 Å². The Morgan fingerprint density at radius 2 is 1.89 bits per heavy atom. The fourth-order valence-electron chi connectivity index (χ4n) is 5.13. The highest BCUT2D eigenvalue weighted by molar-refractivity contribution is 7.17. The van der Waals surface area contributed by atoms with E-state index in [0.717, 1.165) is 55.6 Å². The minimum absolute atomic E-state index is 0.0856. The number of carbonyl (C=O) groups excluding carboxylic acids is 2. The van der Waals surface area contributed by atoms with Crippen LogP contribution in [0.25, 0.3) is 0 Å². The second-order valence-corrected chi connectivity index (χ2v) is 12.4. The molecule has 0 saturated carbocycles. The van der Waals surface area contributed by atoms with Crippen LogP contribution in [0, 0.1) is 27.4 Å². The Bertz CT molecular complexity index is 1150. The number of nitrogens with one attached hydrogen (secondary N) is 2. The molecule has 2 N–H and O–H groups in total. The Morgan fingerprint density at radius 1 is 1.17 bits per heavy atom. The molecule has 2 amide bonds. The molecule has 0 unspecified atom stereocenters. The van der Waals surface area contributed by atoms with Crippen molar-refractivity contribution in [2.45, 2.75) is 59.8 Å². The number of amides is 2. The normalized spacial score (nSPS) is 18.9. The minimum Gasteiger partial charge on any atom is -0.322 e. The van der Waals surface area contributed by atoms with Crippen molar-refractivity contribution in [3.8, 4) is 0 Å². The van der Waals surface area contributed by atoms with Crippen LogP contribution < -0.4 is 10.6 Å². The van der Waals surface area contributed by atoms with E-state index in [0.29, 0.717) is 34.6 Å². The summed E-state index contributed by atoms with van der Waals surface area (Å²) in [7, 11) is 0. The van der Waals surface area contributed by atoms with Crippen LogP contribution in [-0.2, 0) is 17.6 Å². The number of hydrogen-bond acceptors (Lipinski definition) is 6. The fourth-order valence-corrected chi connectivity index (χ4v) is 6.47. The first kappa shape index (κ1) is 26.3. The molecule has 1 aromatic carbocycles. The first-order valence-electron chi connectivity index (χ1n) is 12.7. The monoisotopic (exact) mass is 512 g/mol. The highest BCUT2D eigenvalue weighted by Crippen LogP contribution is 2.44. The van der Waals surface area contributed by atoms with E-state index in [1.54, 1.807) is 12.1 Å². The second kappa shape index (κ2) is 10.7. The Labute approximate surface area is 216 Å². The van der Waals surface area contributed by atoms with E-state index in [-0.39, 0.29) is 22.9 Å². The van der Waals surface area contributed by atoms with E-state index in [4.69, 9.17) is 0 Å². The maximum atomic E-state index is 13.5. The number of non-ortho nitro benzene ring substituents is 1. The summed E-state index contributed by atoms with van der Waals surface area (Å²) in [6, 6.07) is 5.92. The molecule has 8 nitrogen and oxygen atoms in total. The number of nitro groups is 1. The van der Waals surface area contributed by atoms with Crippen molar-refractivity contribution in [1.82, 2.24) is 4.90 Å². The summed E-state index contributed by atoms with van der Waals surface area (Å²) in [4.78, 5) is 40.5. The molecule has 1 atom stereocenters. The average Bonchev–Trinajstić information content (AvgIpc) is 3.17. The molecular weight excluding hydrogens is 476 g/mol. The van der Waals surface area contributed by atoms with Crippen LogP contribution in [0.15, 0.2) is 24.3 Å². The van der Waals surface area contributed by atoms with Crippen molar-refractivity contribution in [3.05, 3.63) is 50.4 Å². The minimum atomic E-state index is -0.484. The number of anilines is 2. The second-order valence-electron chi connectivity index (χ2n) is 11.3. The Balaban J connectivity index is 1.58. The van der Waals surface area contributed by atoms with Gasteiger partial charge in [0.15, 0.2) is 0 Å². The summed E-state index contributed by atoms with van der Waals surface area (Å²) in [5, 5.41) is 17.6. The number of thiophene rings is 1. The highest BCUT2D eigenvalue weighted by atomic mass is 32.1. The molecule has 9 heteroatoms. The number of likely N-dealkylation sites (tertiary alicyclic amines) is 1. The average molecular weight is 513 g/mol. The molecule has 0 radical (unpaired) electrons. The van der Waals surface area contributed by atoms with Crippen molar-refractivity contribution in [2.24, 2.45) is 17.3 Å². The number of piperidine rings is 1. The van der Waals surface area contributed by atoms with Crippen molar-refractivity contribution >= 4 is 39.5 Å². The SMILES string of the molecule is CC1CCN(CC(=O)Nc2sc3c(c2C(=O)Nc2cccc([N+](=O)[O-])c2)CC[C@@H](C(C)(C)C)C3)CC1. The van der Waals surface area contributed by atoms with Crippen LogP contribution in [0.5, 0.6) is 0 Å². The Kier molecular flexibility index (Phi) is 7.80. The molecule has 1 saturated heterocycles. The number of benzene rings is 1. The lowest BCUT2D eigenvalue weighted by Gasteiger charge is -2.33. The molecule has 2 aromatic rings. The van der Waals surface area contributed by atoms with Crippen LogP contribution >= 0.6 is 11.3 Å². The summed E-state index contributed by atoms with van der Waals surface area (Å²) in [6.45, 7) is 11.1. The van der Waals surface area contributed by atoms with Crippen LogP contribution in [0.2, 0.25) is 0 Å². The lowest BCUT2D eigenvalue weighted by Crippen LogP contribution is -2.38. The molecule has 2 aliphatic rings. The highest BCUT2D eigenvalue weighted by Gasteiger charge is 2.34. The molecule has 1 aromatic heterocycles. The molecule has 36 heavy (non-hydrogen) atoms. The van der Waals surface area contributed by atoms with Gasteiger partial charge < -0.3 is 10.6 Å². The van der Waals surface area contributed by atoms with E-state index < -0.39 is 4.92 Å². The number of hydrogen-bond donors (Lipinski definition) is 2. The van der Waals surface area contributed by atoms with Gasteiger partial charge in [0.05, 0.1) is 17.0 Å². The molecular formula is C27H36N4O4S. The molecule has 194 valence electrons. The standard InChI is InChI=1S/C27H36N4O4S/c1-17-10-12-30(13-11-17)16-23(32)29-26-24(21-9-8-18(27(2,3)4)14-22(21)36-26)25(33)28-19-6-5-7-20(15-19)31(34)35/h5-7,15,17-18H,8-14,16H2,1-4H3,(H,28,33)(H,29,32)/t18-/m1/s1. The molecule has 1 aliphatic carbocycles. The summed E-state index contributed by atoms with van der Waals surface area (Å²) >= 11 is 1.50. The van der Waals surface area contributed by atoms with E-state index in [1.165, 1.54) is 23.5 Å². The van der Waals surface area contributed by atoms with Crippen molar-refractivity contribution < 1.29 is 14.5 Å². The molecule has 1 fully saturated rings. The zero-order valence-electron chi connectivity index (χ0n) is 21.6. The molecule has 2 heterocycles. The largest absolute Gasteiger partial charge is 0.322 e. The Morgan fingerprint density at radius 3 is 2.56 bits per heavy atom. The summed E-state index contributed by atoms with van der Waals surface area (Å²) < 4.78 is 0. The first-order valence-corrected chi connectivity index (χ1v) is 13.6. The van der Waals surface area contributed by atoms with Crippen molar-refractivity contribution in [1.29, 1.82) is 0 Å². The quantitative estimate of drug-likeness (QED) is 0.380. The third-order valence-corrected chi connectivity index (χ3v) is 8.70. The third-order valence-electron chi connectivity index (χ3n) is 7.53. The summed E-state index contributed by atoms with van der Waals surface area (Å²) in [5.74, 6) is 0.729. The van der Waals surface area contributed by atoms with Gasteiger partial charge in [-0.2, -0.15) is 0 Å². The zero-order chi connectivity index (χ0) is 26.0. The van der Waals surface area contributed by atoms with Gasteiger partial charge in [0, 0.05) is 22.7 Å². The van der Waals surface area contributed by atoms with Crippen LogP contribution in [0.3, 0.4) is 0 Å². The first-order chi connectivity index (χ1) is 17.0. The summed E-state index contributed by atoms with van der Waals surface area (Å²) in [5.41, 5.74) is 1.91. The number of nitro benzene ring substituents is 1. The summed E-state index contributed by atoms with van der Waals surface area (Å²) in [6.07, 6.45) is 4.80. The van der Waals surface area contributed by atoms with Crippen molar-refractivity contribution in [2.75, 3.05) is 30.3 Å². The van der Waals surface area contributed by atoms with Gasteiger partial charge in [0.25, 0.3) is 11.6 Å². The number of rotatable bonds is 6. The number of fused-ring (bicyclic) bond motifs is 1. The number of carbonyl (C=O) groups is 2. The van der Waals surface area contributed by atoms with Gasteiger partial charge in [0.1, 0.15) is 5.00 Å². The molecule has 4 rings (SSSR count). The maximum Gasteiger partial charge on any atom is 0.271 e. The van der Waals surface area contributed by atoms with Crippen LogP contribution in [0.1, 0.15) is 67.8 Å². The van der Waals surface area contributed by atoms with Crippen LogP contribution in [-0.4, -0.2) is 41.3 Å². The van der Waals surface area contributed by atoms with Gasteiger partial charge >= 0.3 is 0 Å². The van der Waals surface area contributed by atoms with Crippen molar-refractivity contribution in [3.63, 3.8) is 0 Å². The van der Waals surface area contributed by atoms with Crippen LogP contribution in [0.4, 0.5) is 16.4 Å². The molecule has 1 aliphatic heterocycles. The number of nitrogens with zero attached hydrogens (tertiary/aromatic N) is 2. The van der Waals surface area contributed by atoms with Gasteiger partial charge in [-0.3, -0.25) is 24.6 Å². The van der Waals surface area contributed by atoms with Gasteiger partial charge in [-0.25, -0.2) is 0 Å². The fraction of sp³-hybridized carbons (Fsp3) is 0.556. The Hall–Kier alpha value is -2.78. The maximum absolute atomic E-state index is 13.5. The smallest absolute Gasteiger partial charge is 0.271 e. The van der Waals surface area contributed by atoms with E-state index in [2.05, 4.69) is 43.2 Å². The molecule has 0 bridgehead atoms. The lowest BCUT2D eigenvalue weighted by atomic mass is 9.72. The lowest BCUT2D eigenvalue weighted by molar-refractivity contribution is -0.384. The zero-order valence-corrected chi connectivity index (χ0v) is 22.4. The third kappa shape index (κ3) is 6.13. The van der Waals surface area contributed by atoms with Gasteiger partial charge in [-0.05, 0) is 74.1 Å². The van der Waals surface area contributed by atoms with Gasteiger partial charge in [-0.15, -0.1) is 11.3 Å². The predicted octanol–water partition coefficient (Wildman–Crippen LogP) is 5.73. The molecule has 0 spiro atoms. The van der Waals surface area contributed by atoms with E-state index >= 15 is 0 Å². The predicted molar refractivity (Wildman–Crippen MR) is 144 cm³/mol. The van der Waals surface area contributed by atoms with Gasteiger partial charge in [-0.1, -0.05) is 33.8 Å². The van der Waals surface area contributed by atoms with Gasteiger partial charge in [0.2, 0.25) is 5.91 Å².